The number of hydrogen-bond acceptors (Lipinski definition) is 3. The van der Waals surface area contributed by atoms with Crippen molar-refractivity contribution in [1.29, 1.82) is 0 Å². The third kappa shape index (κ3) is 3.56. The van der Waals surface area contributed by atoms with Crippen molar-refractivity contribution < 1.29 is 14.6 Å². The Morgan fingerprint density at radius 2 is 2.07 bits per heavy atom. The average molecular weight is 202 g/mol. The van der Waals surface area contributed by atoms with E-state index in [2.05, 4.69) is 6.92 Å². The molecule has 0 spiro atoms. The van der Waals surface area contributed by atoms with Crippen LogP contribution in [0.25, 0.3) is 0 Å². The zero-order chi connectivity index (χ0) is 10.6. The van der Waals surface area contributed by atoms with E-state index >= 15 is 0 Å². The Labute approximate surface area is 86.4 Å². The summed E-state index contributed by atoms with van der Waals surface area (Å²) >= 11 is 0. The number of unbranched alkanes of at least 4 members (excludes halogenated alkanes) is 1. The summed E-state index contributed by atoms with van der Waals surface area (Å²) in [5.74, 6) is 0.0258. The molecular formula is C11H22O3. The van der Waals surface area contributed by atoms with Crippen molar-refractivity contribution in [2.45, 2.75) is 51.9 Å². The lowest BCUT2D eigenvalue weighted by atomic mass is 9.98. The minimum atomic E-state index is -0.434. The van der Waals surface area contributed by atoms with Gasteiger partial charge in [-0.2, -0.15) is 0 Å². The Morgan fingerprint density at radius 1 is 1.36 bits per heavy atom. The highest BCUT2D eigenvalue weighted by molar-refractivity contribution is 4.74. The van der Waals surface area contributed by atoms with Gasteiger partial charge in [-0.1, -0.05) is 6.92 Å². The minimum Gasteiger partial charge on any atom is -0.396 e. The van der Waals surface area contributed by atoms with Crippen molar-refractivity contribution in [3.8, 4) is 0 Å². The molecular weight excluding hydrogens is 180 g/mol. The zero-order valence-corrected chi connectivity index (χ0v) is 9.45. The summed E-state index contributed by atoms with van der Waals surface area (Å²) < 4.78 is 11.4. The molecule has 2 atom stereocenters. The third-order valence-corrected chi connectivity index (χ3v) is 2.66. The first-order valence-electron chi connectivity index (χ1n) is 5.48. The molecule has 0 aromatic carbocycles. The summed E-state index contributed by atoms with van der Waals surface area (Å²) in [7, 11) is 0. The van der Waals surface area contributed by atoms with Crippen molar-refractivity contribution in [2.24, 2.45) is 5.92 Å². The van der Waals surface area contributed by atoms with Gasteiger partial charge in [-0.05, 0) is 33.1 Å². The molecule has 0 unspecified atom stereocenters. The number of aliphatic hydroxyl groups excluding tert-OH is 1. The van der Waals surface area contributed by atoms with Gasteiger partial charge in [0.05, 0.1) is 12.7 Å². The number of rotatable bonds is 4. The SMILES string of the molecule is C[C@@H]1COC(C)(C)O[C@H]1CCCCO. The molecule has 0 amide bonds. The molecule has 14 heavy (non-hydrogen) atoms. The highest BCUT2D eigenvalue weighted by Gasteiger charge is 2.33. The van der Waals surface area contributed by atoms with Gasteiger partial charge < -0.3 is 14.6 Å². The van der Waals surface area contributed by atoms with Crippen LogP contribution in [0, 0.1) is 5.92 Å². The zero-order valence-electron chi connectivity index (χ0n) is 9.45. The van der Waals surface area contributed by atoms with Crippen LogP contribution in [0.4, 0.5) is 0 Å². The van der Waals surface area contributed by atoms with E-state index in [-0.39, 0.29) is 12.7 Å². The number of hydrogen-bond donors (Lipinski definition) is 1. The van der Waals surface area contributed by atoms with E-state index in [1.807, 2.05) is 13.8 Å². The maximum atomic E-state index is 8.70. The molecule has 0 aromatic rings. The van der Waals surface area contributed by atoms with Gasteiger partial charge in [-0.15, -0.1) is 0 Å². The van der Waals surface area contributed by atoms with Crippen LogP contribution in [0.5, 0.6) is 0 Å². The molecule has 0 aliphatic carbocycles. The van der Waals surface area contributed by atoms with Crippen LogP contribution < -0.4 is 0 Å². The molecule has 1 rings (SSSR count). The second kappa shape index (κ2) is 5.10. The van der Waals surface area contributed by atoms with Crippen molar-refractivity contribution in [3.05, 3.63) is 0 Å². The van der Waals surface area contributed by atoms with Gasteiger partial charge in [-0.25, -0.2) is 0 Å². The van der Waals surface area contributed by atoms with E-state index < -0.39 is 5.79 Å². The van der Waals surface area contributed by atoms with E-state index in [9.17, 15) is 0 Å². The molecule has 0 radical (unpaired) electrons. The first-order chi connectivity index (χ1) is 6.55. The Kier molecular flexibility index (Phi) is 4.35. The van der Waals surface area contributed by atoms with Crippen molar-refractivity contribution in [2.75, 3.05) is 13.2 Å². The lowest BCUT2D eigenvalue weighted by Gasteiger charge is -2.40. The Bertz CT molecular complexity index is 168. The minimum absolute atomic E-state index is 0.279. The van der Waals surface area contributed by atoms with Gasteiger partial charge in [0.15, 0.2) is 5.79 Å². The fourth-order valence-electron chi connectivity index (χ4n) is 1.75. The predicted molar refractivity (Wildman–Crippen MR) is 55.0 cm³/mol. The number of ether oxygens (including phenoxy) is 2. The van der Waals surface area contributed by atoms with Gasteiger partial charge in [0.25, 0.3) is 0 Å². The summed E-state index contributed by atoms with van der Waals surface area (Å²) in [6, 6.07) is 0. The van der Waals surface area contributed by atoms with Gasteiger partial charge in [0.1, 0.15) is 0 Å². The predicted octanol–water partition coefficient (Wildman–Crippen LogP) is 1.94. The molecule has 0 bridgehead atoms. The lowest BCUT2D eigenvalue weighted by molar-refractivity contribution is -0.291. The second-order valence-corrected chi connectivity index (χ2v) is 4.56. The molecule has 1 fully saturated rings. The fourth-order valence-corrected chi connectivity index (χ4v) is 1.75. The van der Waals surface area contributed by atoms with E-state index in [0.717, 1.165) is 25.9 Å². The van der Waals surface area contributed by atoms with Crippen molar-refractivity contribution >= 4 is 0 Å². The maximum Gasteiger partial charge on any atom is 0.163 e. The highest BCUT2D eigenvalue weighted by atomic mass is 16.7. The molecule has 1 aliphatic heterocycles. The van der Waals surface area contributed by atoms with Crippen LogP contribution in [0.1, 0.15) is 40.0 Å². The van der Waals surface area contributed by atoms with E-state index in [0.29, 0.717) is 5.92 Å². The molecule has 1 aliphatic rings. The van der Waals surface area contributed by atoms with E-state index in [1.54, 1.807) is 0 Å². The van der Waals surface area contributed by atoms with Crippen LogP contribution in [-0.2, 0) is 9.47 Å². The van der Waals surface area contributed by atoms with Crippen molar-refractivity contribution in [1.82, 2.24) is 0 Å². The van der Waals surface area contributed by atoms with Crippen LogP contribution in [0.15, 0.2) is 0 Å². The van der Waals surface area contributed by atoms with E-state index in [4.69, 9.17) is 14.6 Å². The maximum absolute atomic E-state index is 8.70. The third-order valence-electron chi connectivity index (χ3n) is 2.66. The Hall–Kier alpha value is -0.120. The molecule has 84 valence electrons. The van der Waals surface area contributed by atoms with Crippen molar-refractivity contribution in [3.63, 3.8) is 0 Å². The summed E-state index contributed by atoms with van der Waals surface area (Å²) in [4.78, 5) is 0. The van der Waals surface area contributed by atoms with Gasteiger partial charge >= 0.3 is 0 Å². The van der Waals surface area contributed by atoms with Crippen LogP contribution >= 0.6 is 0 Å². The number of aliphatic hydroxyl groups is 1. The summed E-state index contributed by atoms with van der Waals surface area (Å²) in [5.41, 5.74) is 0. The van der Waals surface area contributed by atoms with Gasteiger partial charge in [0, 0.05) is 12.5 Å². The molecule has 0 saturated carbocycles. The normalized spacial score (nSPS) is 31.7. The average Bonchev–Trinajstić information content (AvgIpc) is 2.11. The molecule has 3 heteroatoms. The Balaban J connectivity index is 2.33. The van der Waals surface area contributed by atoms with Gasteiger partial charge in [-0.3, -0.25) is 0 Å². The molecule has 1 saturated heterocycles. The molecule has 1 N–H and O–H groups in total. The van der Waals surface area contributed by atoms with Gasteiger partial charge in [0.2, 0.25) is 0 Å². The fraction of sp³-hybridized carbons (Fsp3) is 1.00. The molecule has 1 heterocycles. The quantitative estimate of drug-likeness (QED) is 0.708. The largest absolute Gasteiger partial charge is 0.396 e. The summed E-state index contributed by atoms with van der Waals surface area (Å²) in [6.45, 7) is 7.12. The monoisotopic (exact) mass is 202 g/mol. The molecule has 0 aromatic heterocycles. The molecule has 3 nitrogen and oxygen atoms in total. The topological polar surface area (TPSA) is 38.7 Å². The lowest BCUT2D eigenvalue weighted by Crippen LogP contribution is -2.44. The van der Waals surface area contributed by atoms with Crippen LogP contribution in [-0.4, -0.2) is 30.2 Å². The van der Waals surface area contributed by atoms with Crippen LogP contribution in [0.3, 0.4) is 0 Å². The first-order valence-corrected chi connectivity index (χ1v) is 5.48. The Morgan fingerprint density at radius 3 is 2.71 bits per heavy atom. The summed E-state index contributed by atoms with van der Waals surface area (Å²) in [6.07, 6.45) is 3.20. The second-order valence-electron chi connectivity index (χ2n) is 4.56. The first kappa shape index (κ1) is 12.0. The highest BCUT2D eigenvalue weighted by Crippen LogP contribution is 2.28. The standard InChI is InChI=1S/C11H22O3/c1-9-8-13-11(2,3)14-10(9)6-4-5-7-12/h9-10,12H,4-8H2,1-3H3/t9-,10+/m1/s1. The van der Waals surface area contributed by atoms with E-state index in [1.165, 1.54) is 0 Å². The van der Waals surface area contributed by atoms with Crippen LogP contribution in [0.2, 0.25) is 0 Å². The summed E-state index contributed by atoms with van der Waals surface area (Å²) in [5, 5.41) is 8.70. The smallest absolute Gasteiger partial charge is 0.163 e.